The van der Waals surface area contributed by atoms with Crippen molar-refractivity contribution in [3.8, 4) is 0 Å². The van der Waals surface area contributed by atoms with Gasteiger partial charge in [-0.15, -0.1) is 0 Å². The fourth-order valence-corrected chi connectivity index (χ4v) is 10.9. The number of carbonyl (C=O) groups excluding carboxylic acids is 1. The minimum Gasteiger partial charge on any atom is -0.394 e. The summed E-state index contributed by atoms with van der Waals surface area (Å²) in [6, 6.07) is -0.977. The van der Waals surface area contributed by atoms with Crippen LogP contribution in [-0.4, -0.2) is 193 Å². The summed E-state index contributed by atoms with van der Waals surface area (Å²) in [5.74, 6) is -0.288. The van der Waals surface area contributed by atoms with Crippen LogP contribution in [0.15, 0.2) is 122 Å². The Morgan fingerprint density at radius 2 is 0.750 bits per heavy atom. The van der Waals surface area contributed by atoms with E-state index in [4.69, 9.17) is 28.4 Å². The third kappa shape index (κ3) is 34.7. The van der Waals surface area contributed by atoms with Crippen LogP contribution in [0, 0.1) is 0 Å². The Labute approximate surface area is 550 Å². The number of allylic oxidation sites excluding steroid dienone is 19. The maximum absolute atomic E-state index is 13.3. The highest BCUT2D eigenvalue weighted by molar-refractivity contribution is 5.76. The molecule has 92 heavy (non-hydrogen) atoms. The standard InChI is InChI=1S/C73H121NO18/c1-3-5-7-9-11-12-13-14-15-16-17-18-19-20-21-22-23-24-25-26-27-28-29-30-31-32-33-34-35-36-37-38-39-40-41-42-43-44-45-47-49-51-61(79)74-56(57(78)50-48-46-10-8-6-4-2)55-87-71-67(85)64(82)69(59(53-76)89-71)92-73-68(86)65(83)70(60(54-77)90-73)91-72-66(84)63(81)62(80)58(52-75)88-72/h5,7,11-12,14-15,17-18,20-21,23-24,26-27,29-30,32-33,48,50,56-60,62-73,75-78,80-86H,3-4,6,8-10,13,16,19,22,25,28,31,34-47,49,51-55H2,1-2H3,(H,74,79)/b7-5-,12-11-,15-14-,18-17-,21-20-,24-23-,27-26-,30-29-,33-32-,50-48+. The van der Waals surface area contributed by atoms with Crippen molar-refractivity contribution in [3.05, 3.63) is 122 Å². The Kier molecular flexibility index (Phi) is 47.8. The summed E-state index contributed by atoms with van der Waals surface area (Å²) in [6.07, 6.45) is 46.9. The van der Waals surface area contributed by atoms with Crippen molar-refractivity contribution in [2.75, 3.05) is 26.4 Å². The van der Waals surface area contributed by atoms with Gasteiger partial charge in [-0.3, -0.25) is 4.79 Å². The van der Waals surface area contributed by atoms with Gasteiger partial charge in [0.2, 0.25) is 5.91 Å². The van der Waals surface area contributed by atoms with E-state index in [-0.39, 0.29) is 18.9 Å². The lowest BCUT2D eigenvalue weighted by Gasteiger charge is -2.48. The molecule has 17 unspecified atom stereocenters. The SMILES string of the molecule is CC/C=C\C/C=C\C/C=C\C/C=C\C/C=C\C/C=C\C/C=C\C/C=C\C/C=C\CCCCCCCCCCCCCCCC(=O)NC(COC1OC(CO)C(OC2OC(CO)C(OC3OC(CO)C(O)C(O)C3O)C(O)C2O)C(O)C1O)C(O)/C=C/CCCCCC. The van der Waals surface area contributed by atoms with Crippen molar-refractivity contribution in [1.82, 2.24) is 5.32 Å². The molecule has 3 aliphatic heterocycles. The van der Waals surface area contributed by atoms with E-state index in [0.29, 0.717) is 6.42 Å². The van der Waals surface area contributed by atoms with Crippen LogP contribution in [-0.2, 0) is 33.2 Å². The summed E-state index contributed by atoms with van der Waals surface area (Å²) < 4.78 is 34.1. The molecule has 0 bridgehead atoms. The normalized spacial score (nSPS) is 28.5. The van der Waals surface area contributed by atoms with E-state index in [0.717, 1.165) is 122 Å². The van der Waals surface area contributed by atoms with Crippen LogP contribution in [0.5, 0.6) is 0 Å². The second-order valence-electron chi connectivity index (χ2n) is 24.3. The van der Waals surface area contributed by atoms with Crippen LogP contribution in [0.25, 0.3) is 0 Å². The highest BCUT2D eigenvalue weighted by atomic mass is 16.8. The van der Waals surface area contributed by atoms with E-state index in [2.05, 4.69) is 129 Å². The van der Waals surface area contributed by atoms with Gasteiger partial charge in [-0.1, -0.05) is 225 Å². The average molecular weight is 1300 g/mol. The Hall–Kier alpha value is -3.81. The number of aliphatic hydroxyl groups excluding tert-OH is 11. The van der Waals surface area contributed by atoms with Crippen LogP contribution in [0.4, 0.5) is 0 Å². The van der Waals surface area contributed by atoms with E-state index in [1.165, 1.54) is 51.4 Å². The molecule has 526 valence electrons. The molecule has 3 fully saturated rings. The molecule has 0 spiro atoms. The summed E-state index contributed by atoms with van der Waals surface area (Å²) in [5.41, 5.74) is 0. The molecule has 19 heteroatoms. The molecule has 0 radical (unpaired) electrons. The number of ether oxygens (including phenoxy) is 6. The number of hydrogen-bond acceptors (Lipinski definition) is 18. The summed E-state index contributed by atoms with van der Waals surface area (Å²) in [7, 11) is 0. The van der Waals surface area contributed by atoms with Gasteiger partial charge >= 0.3 is 0 Å². The lowest BCUT2D eigenvalue weighted by atomic mass is 9.96. The molecule has 0 aromatic carbocycles. The van der Waals surface area contributed by atoms with Crippen molar-refractivity contribution in [2.24, 2.45) is 0 Å². The Morgan fingerprint density at radius 1 is 0.402 bits per heavy atom. The van der Waals surface area contributed by atoms with E-state index in [9.17, 15) is 61.0 Å². The molecule has 0 aromatic heterocycles. The molecule has 3 heterocycles. The first-order valence-corrected chi connectivity index (χ1v) is 34.8. The number of rotatable bonds is 51. The minimum absolute atomic E-state index is 0.234. The van der Waals surface area contributed by atoms with Gasteiger partial charge in [0.25, 0.3) is 0 Å². The summed E-state index contributed by atoms with van der Waals surface area (Å²) in [4.78, 5) is 13.3. The molecular formula is C73H121NO18. The van der Waals surface area contributed by atoms with Gasteiger partial charge in [0.1, 0.15) is 73.2 Å². The number of aliphatic hydroxyl groups is 11. The van der Waals surface area contributed by atoms with Gasteiger partial charge in [-0.05, 0) is 89.9 Å². The van der Waals surface area contributed by atoms with E-state index < -0.39 is 124 Å². The monoisotopic (exact) mass is 1300 g/mol. The molecule has 0 saturated carbocycles. The fraction of sp³-hybridized carbons (Fsp3) is 0.712. The lowest BCUT2D eigenvalue weighted by molar-refractivity contribution is -0.379. The zero-order valence-electron chi connectivity index (χ0n) is 55.5. The largest absolute Gasteiger partial charge is 0.394 e. The summed E-state index contributed by atoms with van der Waals surface area (Å²) in [6.45, 7) is 1.49. The molecule has 17 atom stereocenters. The van der Waals surface area contributed by atoms with Crippen LogP contribution in [0.1, 0.15) is 200 Å². The van der Waals surface area contributed by atoms with Crippen molar-refractivity contribution in [1.29, 1.82) is 0 Å². The molecule has 3 aliphatic rings. The average Bonchev–Trinajstić information content (AvgIpc) is 0.817. The summed E-state index contributed by atoms with van der Waals surface area (Å²) in [5, 5.41) is 120. The molecule has 12 N–H and O–H groups in total. The highest BCUT2D eigenvalue weighted by Gasteiger charge is 2.53. The maximum Gasteiger partial charge on any atom is 0.220 e. The van der Waals surface area contributed by atoms with Crippen LogP contribution < -0.4 is 5.32 Å². The third-order valence-corrected chi connectivity index (χ3v) is 16.5. The molecule has 1 amide bonds. The quantitative estimate of drug-likeness (QED) is 0.0199. The predicted octanol–water partition coefficient (Wildman–Crippen LogP) is 9.21. The van der Waals surface area contributed by atoms with Gasteiger partial charge in [0, 0.05) is 6.42 Å². The van der Waals surface area contributed by atoms with Gasteiger partial charge in [0.15, 0.2) is 18.9 Å². The Morgan fingerprint density at radius 3 is 1.17 bits per heavy atom. The molecule has 0 aliphatic carbocycles. The predicted molar refractivity (Wildman–Crippen MR) is 360 cm³/mol. The molecule has 19 nitrogen and oxygen atoms in total. The second kappa shape index (κ2) is 53.3. The van der Waals surface area contributed by atoms with Gasteiger partial charge in [0.05, 0.1) is 38.6 Å². The molecular weight excluding hydrogens is 1180 g/mol. The molecule has 0 aromatic rings. The Balaban J connectivity index is 1.25. The van der Waals surface area contributed by atoms with Crippen molar-refractivity contribution in [2.45, 2.75) is 304 Å². The van der Waals surface area contributed by atoms with Crippen LogP contribution in [0.3, 0.4) is 0 Å². The van der Waals surface area contributed by atoms with Crippen molar-refractivity contribution >= 4 is 5.91 Å². The zero-order chi connectivity index (χ0) is 66.8. The first-order chi connectivity index (χ1) is 44.8. The van der Waals surface area contributed by atoms with Crippen molar-refractivity contribution < 1.29 is 89.4 Å². The highest BCUT2D eigenvalue weighted by Crippen LogP contribution is 2.33. The smallest absolute Gasteiger partial charge is 0.220 e. The van der Waals surface area contributed by atoms with E-state index in [1.807, 2.05) is 6.08 Å². The van der Waals surface area contributed by atoms with Crippen molar-refractivity contribution in [3.63, 3.8) is 0 Å². The van der Waals surface area contributed by atoms with E-state index in [1.54, 1.807) is 6.08 Å². The number of carbonyl (C=O) groups is 1. The number of amides is 1. The maximum atomic E-state index is 13.3. The molecule has 3 saturated heterocycles. The third-order valence-electron chi connectivity index (χ3n) is 16.5. The lowest BCUT2D eigenvalue weighted by Crippen LogP contribution is -2.66. The number of hydrogen-bond donors (Lipinski definition) is 12. The van der Waals surface area contributed by atoms with Crippen LogP contribution in [0.2, 0.25) is 0 Å². The van der Waals surface area contributed by atoms with Crippen LogP contribution >= 0.6 is 0 Å². The minimum atomic E-state index is -1.98. The number of nitrogens with one attached hydrogen (secondary N) is 1. The first kappa shape index (κ1) is 82.4. The first-order valence-electron chi connectivity index (χ1n) is 34.8. The van der Waals surface area contributed by atoms with E-state index >= 15 is 0 Å². The topological polar surface area (TPSA) is 307 Å². The number of unbranched alkanes of at least 4 members (excludes halogenated alkanes) is 17. The fourth-order valence-electron chi connectivity index (χ4n) is 10.9. The zero-order valence-corrected chi connectivity index (χ0v) is 55.5. The van der Waals surface area contributed by atoms with Gasteiger partial charge in [-0.25, -0.2) is 0 Å². The van der Waals surface area contributed by atoms with Gasteiger partial charge in [-0.2, -0.15) is 0 Å². The summed E-state index contributed by atoms with van der Waals surface area (Å²) >= 11 is 0. The van der Waals surface area contributed by atoms with Gasteiger partial charge < -0.3 is 89.9 Å². The second-order valence-corrected chi connectivity index (χ2v) is 24.3. The molecule has 3 rings (SSSR count). The Bertz CT molecular complexity index is 2140.